The summed E-state index contributed by atoms with van der Waals surface area (Å²) in [7, 11) is 3.12. The standard InChI is InChI=1S/C3H10OP2/c1-2-3-4-6-5/h6H,2-3,5H2,1H3. The molecule has 0 aliphatic rings. The first-order valence-electron chi connectivity index (χ1n) is 1.99. The summed E-state index contributed by atoms with van der Waals surface area (Å²) in [5.74, 6) is 0. The Morgan fingerprint density at radius 3 is 2.67 bits per heavy atom. The fraction of sp³-hybridized carbons (Fsp3) is 1.00. The summed E-state index contributed by atoms with van der Waals surface area (Å²) in [5, 5.41) is 0. The molecule has 0 N–H and O–H groups in total. The molecule has 1 nitrogen and oxygen atoms in total. The van der Waals surface area contributed by atoms with Crippen LogP contribution >= 0.6 is 17.4 Å². The lowest BCUT2D eigenvalue weighted by atomic mass is 10.5. The molecule has 0 aliphatic carbocycles. The average Bonchev–Trinajstić information content (AvgIpc) is 1.61. The number of rotatable bonds is 3. The molecule has 2 atom stereocenters. The zero-order chi connectivity index (χ0) is 4.83. The van der Waals surface area contributed by atoms with Crippen LogP contribution in [0.3, 0.4) is 0 Å². The van der Waals surface area contributed by atoms with Crippen LogP contribution in [0.15, 0.2) is 0 Å². The molecule has 0 saturated heterocycles. The van der Waals surface area contributed by atoms with Gasteiger partial charge in [-0.25, -0.2) is 0 Å². The molecule has 0 aliphatic heterocycles. The lowest BCUT2D eigenvalue weighted by Crippen LogP contribution is -1.75. The minimum atomic E-state index is 0.581. The Morgan fingerprint density at radius 2 is 2.50 bits per heavy atom. The van der Waals surface area contributed by atoms with E-state index in [1.807, 2.05) is 0 Å². The van der Waals surface area contributed by atoms with Gasteiger partial charge in [0.2, 0.25) is 0 Å². The summed E-state index contributed by atoms with van der Waals surface area (Å²) in [6.07, 6.45) is 1.13. The van der Waals surface area contributed by atoms with Crippen LogP contribution in [0.4, 0.5) is 0 Å². The van der Waals surface area contributed by atoms with Crippen LogP contribution in [0.25, 0.3) is 0 Å². The highest BCUT2D eigenvalue weighted by Crippen LogP contribution is 2.20. The highest BCUT2D eigenvalue weighted by atomic mass is 32.0. The Balaban J connectivity index is 2.34. The third-order valence-corrected chi connectivity index (χ3v) is 1.26. The van der Waals surface area contributed by atoms with Crippen LogP contribution in [0.1, 0.15) is 13.3 Å². The van der Waals surface area contributed by atoms with Crippen LogP contribution < -0.4 is 0 Å². The van der Waals surface area contributed by atoms with Gasteiger partial charge < -0.3 is 4.52 Å². The number of hydrogen-bond donors (Lipinski definition) is 0. The zero-order valence-corrected chi connectivity index (χ0v) is 6.05. The summed E-state index contributed by atoms with van der Waals surface area (Å²) < 4.78 is 4.97. The third kappa shape index (κ3) is 4.82. The van der Waals surface area contributed by atoms with E-state index in [1.165, 1.54) is 0 Å². The van der Waals surface area contributed by atoms with Crippen LogP contribution in [0.5, 0.6) is 0 Å². The fourth-order valence-corrected chi connectivity index (χ4v) is 0.837. The van der Waals surface area contributed by atoms with Gasteiger partial charge in [-0.05, 0) is 6.42 Å². The lowest BCUT2D eigenvalue weighted by Gasteiger charge is -1.91. The second-order valence-electron chi connectivity index (χ2n) is 0.966. The Bertz CT molecular complexity index is 20.8. The Morgan fingerprint density at radius 1 is 1.83 bits per heavy atom. The molecule has 6 heavy (non-hydrogen) atoms. The smallest absolute Gasteiger partial charge is 0.0507 e. The van der Waals surface area contributed by atoms with Crippen LogP contribution in [0.2, 0.25) is 0 Å². The van der Waals surface area contributed by atoms with Gasteiger partial charge in [0.25, 0.3) is 0 Å². The van der Waals surface area contributed by atoms with E-state index in [-0.39, 0.29) is 0 Å². The van der Waals surface area contributed by atoms with Crippen molar-refractivity contribution in [2.45, 2.75) is 13.3 Å². The molecule has 0 aromatic carbocycles. The first kappa shape index (κ1) is 6.82. The van der Waals surface area contributed by atoms with E-state index in [0.29, 0.717) is 8.50 Å². The van der Waals surface area contributed by atoms with Crippen molar-refractivity contribution in [2.24, 2.45) is 0 Å². The molecule has 0 spiro atoms. The molecule has 0 saturated carbocycles. The molecule has 2 unspecified atom stereocenters. The first-order valence-corrected chi connectivity index (χ1v) is 4.71. The molecule has 38 valence electrons. The highest BCUT2D eigenvalue weighted by Gasteiger charge is 1.72. The Kier molecular flexibility index (Phi) is 6.62. The van der Waals surface area contributed by atoms with Gasteiger partial charge in [-0.15, -0.1) is 0 Å². The predicted octanol–water partition coefficient (Wildman–Crippen LogP) is 1.80. The molecule has 0 aromatic rings. The third-order valence-electron chi connectivity index (χ3n) is 0.390. The summed E-state index contributed by atoms with van der Waals surface area (Å²) in [4.78, 5) is 0. The molecular weight excluding hydrogens is 114 g/mol. The van der Waals surface area contributed by atoms with E-state index in [9.17, 15) is 0 Å². The second kappa shape index (κ2) is 5.82. The van der Waals surface area contributed by atoms with E-state index < -0.39 is 0 Å². The highest BCUT2D eigenvalue weighted by molar-refractivity contribution is 8.00. The molecule has 0 aromatic heterocycles. The van der Waals surface area contributed by atoms with Crippen molar-refractivity contribution in [3.63, 3.8) is 0 Å². The van der Waals surface area contributed by atoms with Gasteiger partial charge in [0, 0.05) is 8.50 Å². The van der Waals surface area contributed by atoms with Gasteiger partial charge in [0.05, 0.1) is 6.61 Å². The van der Waals surface area contributed by atoms with Gasteiger partial charge in [0.15, 0.2) is 0 Å². The molecule has 0 fully saturated rings. The maximum absolute atomic E-state index is 4.97. The van der Waals surface area contributed by atoms with E-state index in [4.69, 9.17) is 4.52 Å². The quantitative estimate of drug-likeness (QED) is 0.411. The van der Waals surface area contributed by atoms with E-state index in [0.717, 1.165) is 13.0 Å². The summed E-state index contributed by atoms with van der Waals surface area (Å²) >= 11 is 0. The summed E-state index contributed by atoms with van der Waals surface area (Å²) in [6.45, 7) is 3.01. The molecule has 0 rings (SSSR count). The average molecular weight is 124 g/mol. The monoisotopic (exact) mass is 124 g/mol. The largest absolute Gasteiger partial charge is 0.358 e. The molecular formula is C3H10OP2. The number of hydrogen-bond acceptors (Lipinski definition) is 1. The predicted molar refractivity (Wildman–Crippen MR) is 34.3 cm³/mol. The Labute approximate surface area is 42.8 Å². The molecule has 0 amide bonds. The van der Waals surface area contributed by atoms with Gasteiger partial charge in [-0.1, -0.05) is 15.9 Å². The fourth-order valence-electron chi connectivity index (χ4n) is 0.161. The van der Waals surface area contributed by atoms with E-state index in [1.54, 1.807) is 0 Å². The molecule has 0 heterocycles. The van der Waals surface area contributed by atoms with Crippen molar-refractivity contribution < 1.29 is 4.52 Å². The van der Waals surface area contributed by atoms with Crippen molar-refractivity contribution in [3.8, 4) is 0 Å². The normalized spacial score (nSPS) is 11.0. The minimum Gasteiger partial charge on any atom is -0.358 e. The zero-order valence-electron chi connectivity index (χ0n) is 3.90. The second-order valence-corrected chi connectivity index (χ2v) is 2.20. The van der Waals surface area contributed by atoms with Gasteiger partial charge in [-0.2, -0.15) is 0 Å². The van der Waals surface area contributed by atoms with Crippen molar-refractivity contribution in [3.05, 3.63) is 0 Å². The summed E-state index contributed by atoms with van der Waals surface area (Å²) in [5.41, 5.74) is 0. The first-order chi connectivity index (χ1) is 2.91. The van der Waals surface area contributed by atoms with Crippen molar-refractivity contribution in [1.29, 1.82) is 0 Å². The van der Waals surface area contributed by atoms with Crippen LogP contribution in [-0.4, -0.2) is 6.61 Å². The Hall–Kier alpha value is 0.820. The van der Waals surface area contributed by atoms with Crippen molar-refractivity contribution in [1.82, 2.24) is 0 Å². The maximum Gasteiger partial charge on any atom is 0.0507 e. The van der Waals surface area contributed by atoms with Gasteiger partial charge in [-0.3, -0.25) is 0 Å². The van der Waals surface area contributed by atoms with Gasteiger partial charge in [0.1, 0.15) is 0 Å². The van der Waals surface area contributed by atoms with Crippen molar-refractivity contribution in [2.75, 3.05) is 6.61 Å². The SMILES string of the molecule is CCCOPP. The lowest BCUT2D eigenvalue weighted by molar-refractivity contribution is 0.369. The van der Waals surface area contributed by atoms with Crippen LogP contribution in [0, 0.1) is 0 Å². The maximum atomic E-state index is 4.97. The topological polar surface area (TPSA) is 9.23 Å². The van der Waals surface area contributed by atoms with Crippen LogP contribution in [-0.2, 0) is 4.52 Å². The van der Waals surface area contributed by atoms with Crippen molar-refractivity contribution >= 4 is 17.4 Å². The molecule has 0 radical (unpaired) electrons. The molecule has 3 heteroatoms. The van der Waals surface area contributed by atoms with Gasteiger partial charge >= 0.3 is 0 Å². The summed E-state index contributed by atoms with van der Waals surface area (Å²) in [6, 6.07) is 0. The van der Waals surface area contributed by atoms with E-state index >= 15 is 0 Å². The minimum absolute atomic E-state index is 0.581. The molecule has 0 bridgehead atoms. The van der Waals surface area contributed by atoms with E-state index in [2.05, 4.69) is 15.9 Å².